The number of benzene rings is 2. The van der Waals surface area contributed by atoms with E-state index in [2.05, 4.69) is 22.5 Å². The Morgan fingerprint density at radius 2 is 1.67 bits per heavy atom. The minimum Gasteiger partial charge on any atom is -0.489 e. The van der Waals surface area contributed by atoms with E-state index in [1.54, 1.807) is 55.6 Å². The van der Waals surface area contributed by atoms with Crippen molar-refractivity contribution in [2.45, 2.75) is 13.3 Å². The summed E-state index contributed by atoms with van der Waals surface area (Å²) < 4.78 is 10.5. The third kappa shape index (κ3) is 8.36. The average Bonchev–Trinajstić information content (AvgIpc) is 2.75. The summed E-state index contributed by atoms with van der Waals surface area (Å²) in [6.07, 6.45) is 0.765. The minimum absolute atomic E-state index is 0.108. The van der Waals surface area contributed by atoms with E-state index >= 15 is 0 Å². The predicted molar refractivity (Wildman–Crippen MR) is 119 cm³/mol. The number of hydrogen-bond donors (Lipinski definition) is 3. The van der Waals surface area contributed by atoms with Crippen LogP contribution in [0.1, 0.15) is 23.7 Å². The first-order valence-corrected chi connectivity index (χ1v) is 9.76. The third-order valence-electron chi connectivity index (χ3n) is 4.03. The Labute approximate surface area is 177 Å². The van der Waals surface area contributed by atoms with Gasteiger partial charge in [-0.1, -0.05) is 6.58 Å². The highest BCUT2D eigenvalue weighted by molar-refractivity contribution is 5.95. The standard InChI is InChI=1S/C23H29N3O4/c1-17(2)16-30-21-11-9-20(10-12-21)26-22(27)15-25-19-7-5-18(6-8-19)23(28)24-13-4-14-29-3/h5-12,25H,1,4,13-16H2,2-3H3,(H,24,28)(H,26,27). The lowest BCUT2D eigenvalue weighted by atomic mass is 10.2. The van der Waals surface area contributed by atoms with E-state index in [1.807, 2.05) is 6.92 Å². The number of amides is 2. The lowest BCUT2D eigenvalue weighted by Gasteiger charge is -2.10. The van der Waals surface area contributed by atoms with Crippen molar-refractivity contribution in [3.63, 3.8) is 0 Å². The topological polar surface area (TPSA) is 88.7 Å². The van der Waals surface area contributed by atoms with Gasteiger partial charge < -0.3 is 25.4 Å². The Morgan fingerprint density at radius 3 is 2.30 bits per heavy atom. The van der Waals surface area contributed by atoms with Gasteiger partial charge in [-0.15, -0.1) is 0 Å². The highest BCUT2D eigenvalue weighted by Gasteiger charge is 2.06. The Morgan fingerprint density at radius 1 is 1.00 bits per heavy atom. The number of methoxy groups -OCH3 is 1. The smallest absolute Gasteiger partial charge is 0.251 e. The van der Waals surface area contributed by atoms with Crippen molar-refractivity contribution in [3.05, 3.63) is 66.2 Å². The van der Waals surface area contributed by atoms with Crippen LogP contribution in [0.25, 0.3) is 0 Å². The van der Waals surface area contributed by atoms with Gasteiger partial charge in [0.05, 0.1) is 6.54 Å². The minimum atomic E-state index is -0.175. The lowest BCUT2D eigenvalue weighted by molar-refractivity contribution is -0.114. The Balaban J connectivity index is 1.75. The zero-order valence-electron chi connectivity index (χ0n) is 17.5. The van der Waals surface area contributed by atoms with Crippen LogP contribution in [0.4, 0.5) is 11.4 Å². The summed E-state index contributed by atoms with van der Waals surface area (Å²) in [6.45, 7) is 7.43. The van der Waals surface area contributed by atoms with Crippen LogP contribution < -0.4 is 20.7 Å². The molecule has 3 N–H and O–H groups in total. The average molecular weight is 412 g/mol. The van der Waals surface area contributed by atoms with Crippen molar-refractivity contribution in [3.8, 4) is 5.75 Å². The third-order valence-corrected chi connectivity index (χ3v) is 4.03. The van der Waals surface area contributed by atoms with E-state index in [9.17, 15) is 9.59 Å². The van der Waals surface area contributed by atoms with Crippen molar-refractivity contribution >= 4 is 23.2 Å². The first-order chi connectivity index (χ1) is 14.5. The normalized spacial score (nSPS) is 10.2. The molecule has 2 aromatic rings. The summed E-state index contributed by atoms with van der Waals surface area (Å²) in [7, 11) is 1.63. The Bertz CT molecular complexity index is 833. The molecule has 7 nitrogen and oxygen atoms in total. The summed E-state index contributed by atoms with van der Waals surface area (Å²) in [5.74, 6) is 0.411. The van der Waals surface area contributed by atoms with Crippen LogP contribution in [-0.2, 0) is 9.53 Å². The maximum absolute atomic E-state index is 12.1. The SMILES string of the molecule is C=C(C)COc1ccc(NC(=O)CNc2ccc(C(=O)NCCCOC)cc2)cc1. The van der Waals surface area contributed by atoms with E-state index < -0.39 is 0 Å². The van der Waals surface area contributed by atoms with Crippen LogP contribution in [-0.4, -0.2) is 45.2 Å². The molecule has 0 spiro atoms. The number of ether oxygens (including phenoxy) is 2. The molecule has 0 atom stereocenters. The van der Waals surface area contributed by atoms with E-state index in [4.69, 9.17) is 9.47 Å². The van der Waals surface area contributed by atoms with E-state index in [0.29, 0.717) is 31.0 Å². The molecular weight excluding hydrogens is 382 g/mol. The van der Waals surface area contributed by atoms with Crippen molar-refractivity contribution in [1.29, 1.82) is 0 Å². The summed E-state index contributed by atoms with van der Waals surface area (Å²) in [5, 5.41) is 8.69. The van der Waals surface area contributed by atoms with Crippen molar-refractivity contribution in [2.24, 2.45) is 0 Å². The molecule has 0 fully saturated rings. The molecule has 0 saturated heterocycles. The Hall–Kier alpha value is -3.32. The van der Waals surface area contributed by atoms with Gasteiger partial charge in [-0.3, -0.25) is 9.59 Å². The highest BCUT2D eigenvalue weighted by Crippen LogP contribution is 2.16. The van der Waals surface area contributed by atoms with Crippen LogP contribution in [0.15, 0.2) is 60.7 Å². The molecule has 0 unspecified atom stereocenters. The molecular formula is C23H29N3O4. The van der Waals surface area contributed by atoms with E-state index in [0.717, 1.165) is 23.4 Å². The maximum atomic E-state index is 12.1. The second-order valence-corrected chi connectivity index (χ2v) is 6.85. The van der Waals surface area contributed by atoms with Crippen LogP contribution in [0.5, 0.6) is 5.75 Å². The van der Waals surface area contributed by atoms with Gasteiger partial charge in [-0.2, -0.15) is 0 Å². The van der Waals surface area contributed by atoms with Gasteiger partial charge in [-0.25, -0.2) is 0 Å². The van der Waals surface area contributed by atoms with E-state index in [1.165, 1.54) is 0 Å². The fourth-order valence-electron chi connectivity index (χ4n) is 2.49. The van der Waals surface area contributed by atoms with Crippen LogP contribution in [0, 0.1) is 0 Å². The van der Waals surface area contributed by atoms with Crippen LogP contribution in [0.2, 0.25) is 0 Å². The predicted octanol–water partition coefficient (Wildman–Crippen LogP) is 3.46. The molecule has 0 aliphatic carbocycles. The lowest BCUT2D eigenvalue weighted by Crippen LogP contribution is -2.25. The van der Waals surface area contributed by atoms with Crippen molar-refractivity contribution in [2.75, 3.05) is 44.0 Å². The molecule has 0 aromatic heterocycles. The van der Waals surface area contributed by atoms with E-state index in [-0.39, 0.29) is 18.4 Å². The van der Waals surface area contributed by atoms with Crippen LogP contribution in [0.3, 0.4) is 0 Å². The Kier molecular flexibility index (Phi) is 9.40. The molecule has 160 valence electrons. The number of nitrogens with one attached hydrogen (secondary N) is 3. The zero-order chi connectivity index (χ0) is 21.8. The second kappa shape index (κ2) is 12.3. The first kappa shape index (κ1) is 23.0. The summed E-state index contributed by atoms with van der Waals surface area (Å²) in [4.78, 5) is 24.2. The molecule has 0 radical (unpaired) electrons. The number of carbonyl (C=O) groups excluding carboxylic acids is 2. The monoisotopic (exact) mass is 411 g/mol. The second-order valence-electron chi connectivity index (χ2n) is 6.85. The molecule has 2 amide bonds. The number of anilines is 2. The fraction of sp³-hybridized carbons (Fsp3) is 0.304. The van der Waals surface area contributed by atoms with Gasteiger partial charge in [0.15, 0.2) is 0 Å². The molecule has 0 aliphatic rings. The quantitative estimate of drug-likeness (QED) is 0.368. The van der Waals surface area contributed by atoms with Gasteiger partial charge in [0, 0.05) is 37.2 Å². The number of hydrogen-bond acceptors (Lipinski definition) is 5. The molecule has 30 heavy (non-hydrogen) atoms. The molecule has 0 aliphatic heterocycles. The van der Waals surface area contributed by atoms with Gasteiger partial charge in [0.25, 0.3) is 5.91 Å². The molecule has 0 heterocycles. The molecule has 7 heteroatoms. The van der Waals surface area contributed by atoms with Crippen molar-refractivity contribution < 1.29 is 19.1 Å². The molecule has 0 saturated carbocycles. The van der Waals surface area contributed by atoms with Gasteiger partial charge in [0.1, 0.15) is 12.4 Å². The van der Waals surface area contributed by atoms with Gasteiger partial charge >= 0.3 is 0 Å². The van der Waals surface area contributed by atoms with Gasteiger partial charge in [0.2, 0.25) is 5.91 Å². The van der Waals surface area contributed by atoms with Gasteiger partial charge in [-0.05, 0) is 67.4 Å². The van der Waals surface area contributed by atoms with Crippen molar-refractivity contribution in [1.82, 2.24) is 5.32 Å². The molecule has 0 bridgehead atoms. The fourth-order valence-corrected chi connectivity index (χ4v) is 2.49. The molecule has 2 aromatic carbocycles. The zero-order valence-corrected chi connectivity index (χ0v) is 17.5. The summed E-state index contributed by atoms with van der Waals surface area (Å²) in [5.41, 5.74) is 2.94. The number of carbonyl (C=O) groups is 2. The molecule has 2 rings (SSSR count). The first-order valence-electron chi connectivity index (χ1n) is 9.76. The number of rotatable bonds is 12. The van der Waals surface area contributed by atoms with Crippen LogP contribution >= 0.6 is 0 Å². The summed E-state index contributed by atoms with van der Waals surface area (Å²) >= 11 is 0. The largest absolute Gasteiger partial charge is 0.489 e. The highest BCUT2D eigenvalue weighted by atomic mass is 16.5. The maximum Gasteiger partial charge on any atom is 0.251 e. The summed E-state index contributed by atoms with van der Waals surface area (Å²) in [6, 6.07) is 14.1.